The van der Waals surface area contributed by atoms with Gasteiger partial charge in [-0.15, -0.1) is 0 Å². The van der Waals surface area contributed by atoms with Crippen LogP contribution < -0.4 is 10.0 Å². The molecule has 1 amide bonds. The van der Waals surface area contributed by atoms with Crippen molar-refractivity contribution in [3.63, 3.8) is 0 Å². The molecule has 3 rings (SSSR count). The highest BCUT2D eigenvalue weighted by Gasteiger charge is 2.17. The van der Waals surface area contributed by atoms with Crippen LogP contribution in [0.1, 0.15) is 21.7 Å². The first-order valence-electron chi connectivity index (χ1n) is 7.69. The van der Waals surface area contributed by atoms with Gasteiger partial charge in [0.1, 0.15) is 0 Å². The Morgan fingerprint density at radius 2 is 2.12 bits per heavy atom. The third-order valence-electron chi connectivity index (χ3n) is 3.55. The number of hydrogen-bond donors (Lipinski definition) is 2. The number of amides is 1. The topological polar surface area (TPSA) is 119 Å². The maximum Gasteiger partial charge on any atom is 0.251 e. The maximum absolute atomic E-state index is 12.4. The Labute approximate surface area is 150 Å². The van der Waals surface area contributed by atoms with Crippen LogP contribution in [0.15, 0.2) is 58.3 Å². The summed E-state index contributed by atoms with van der Waals surface area (Å²) in [5.74, 6) is 0.0140. The molecule has 0 spiro atoms. The van der Waals surface area contributed by atoms with Gasteiger partial charge >= 0.3 is 0 Å². The van der Waals surface area contributed by atoms with Gasteiger partial charge in [-0.1, -0.05) is 11.2 Å². The van der Waals surface area contributed by atoms with Gasteiger partial charge in [-0.3, -0.25) is 9.48 Å². The molecule has 0 aliphatic heterocycles. The van der Waals surface area contributed by atoms with Crippen molar-refractivity contribution in [3.8, 4) is 0 Å². The van der Waals surface area contributed by atoms with E-state index in [-0.39, 0.29) is 22.9 Å². The first-order valence-corrected chi connectivity index (χ1v) is 9.17. The standard InChI is InChI=1S/C16H17N5O4S/c1-21-11-12(9-18-21)8-17-16(22)13-3-2-4-15(7-13)26(23,24)20-10-14-5-6-19-25-14/h2-7,9,11,20H,8,10H2,1H3,(H,17,22). The van der Waals surface area contributed by atoms with Crippen LogP contribution in [-0.4, -0.2) is 29.3 Å². The predicted octanol–water partition coefficient (Wildman–Crippen LogP) is 0.817. The zero-order valence-corrected chi connectivity index (χ0v) is 14.7. The van der Waals surface area contributed by atoms with Crippen molar-refractivity contribution in [3.05, 3.63) is 65.8 Å². The van der Waals surface area contributed by atoms with E-state index in [4.69, 9.17) is 4.52 Å². The van der Waals surface area contributed by atoms with Gasteiger partial charge in [-0.2, -0.15) is 5.10 Å². The number of aryl methyl sites for hydroxylation is 1. The number of carbonyl (C=O) groups excluding carboxylic acids is 1. The molecule has 10 heteroatoms. The summed E-state index contributed by atoms with van der Waals surface area (Å²) in [5.41, 5.74) is 1.09. The van der Waals surface area contributed by atoms with Crippen molar-refractivity contribution in [1.29, 1.82) is 0 Å². The van der Waals surface area contributed by atoms with E-state index in [9.17, 15) is 13.2 Å². The van der Waals surface area contributed by atoms with Gasteiger partial charge in [-0.05, 0) is 18.2 Å². The SMILES string of the molecule is Cn1cc(CNC(=O)c2cccc(S(=O)(=O)NCc3ccno3)c2)cn1. The minimum absolute atomic E-state index is 0.00829. The van der Waals surface area contributed by atoms with Crippen molar-refractivity contribution in [2.24, 2.45) is 7.05 Å². The summed E-state index contributed by atoms with van der Waals surface area (Å²) < 4.78 is 33.6. The highest BCUT2D eigenvalue weighted by Crippen LogP contribution is 2.12. The molecule has 0 bridgehead atoms. The van der Waals surface area contributed by atoms with Crippen molar-refractivity contribution < 1.29 is 17.7 Å². The molecule has 3 aromatic rings. The number of aromatic nitrogens is 3. The fraction of sp³-hybridized carbons (Fsp3) is 0.188. The van der Waals surface area contributed by atoms with E-state index in [1.165, 1.54) is 24.4 Å². The Morgan fingerprint density at radius 1 is 1.27 bits per heavy atom. The van der Waals surface area contributed by atoms with Crippen molar-refractivity contribution in [2.75, 3.05) is 0 Å². The predicted molar refractivity (Wildman–Crippen MR) is 91.3 cm³/mol. The van der Waals surface area contributed by atoms with E-state index in [2.05, 4.69) is 20.3 Å². The van der Waals surface area contributed by atoms with Crippen LogP contribution in [0.5, 0.6) is 0 Å². The van der Waals surface area contributed by atoms with Crippen molar-refractivity contribution in [2.45, 2.75) is 18.0 Å². The molecule has 0 atom stereocenters. The maximum atomic E-state index is 12.4. The summed E-state index contributed by atoms with van der Waals surface area (Å²) in [6, 6.07) is 7.36. The second-order valence-electron chi connectivity index (χ2n) is 5.54. The number of rotatable bonds is 7. The number of benzene rings is 1. The summed E-state index contributed by atoms with van der Waals surface area (Å²) in [4.78, 5) is 12.3. The van der Waals surface area contributed by atoms with E-state index < -0.39 is 10.0 Å². The number of hydrogen-bond acceptors (Lipinski definition) is 6. The molecule has 0 aliphatic carbocycles. The van der Waals surface area contributed by atoms with Crippen molar-refractivity contribution >= 4 is 15.9 Å². The van der Waals surface area contributed by atoms with Crippen LogP contribution in [0.25, 0.3) is 0 Å². The molecule has 2 heterocycles. The summed E-state index contributed by atoms with van der Waals surface area (Å²) in [6.07, 6.45) is 4.86. The summed E-state index contributed by atoms with van der Waals surface area (Å²) in [6.45, 7) is 0.271. The number of carbonyl (C=O) groups is 1. The van der Waals surface area contributed by atoms with E-state index >= 15 is 0 Å². The van der Waals surface area contributed by atoms with E-state index in [1.807, 2.05) is 0 Å². The van der Waals surface area contributed by atoms with Crippen LogP contribution in [-0.2, 0) is 30.2 Å². The fourth-order valence-corrected chi connectivity index (χ4v) is 3.27. The van der Waals surface area contributed by atoms with E-state index in [1.54, 1.807) is 36.3 Å². The Kier molecular flexibility index (Phi) is 5.14. The van der Waals surface area contributed by atoms with Gasteiger partial charge in [0.25, 0.3) is 5.91 Å². The lowest BCUT2D eigenvalue weighted by Gasteiger charge is -2.08. The monoisotopic (exact) mass is 375 g/mol. The van der Waals surface area contributed by atoms with Crippen LogP contribution in [0, 0.1) is 0 Å². The summed E-state index contributed by atoms with van der Waals surface area (Å²) in [7, 11) is -2.00. The van der Waals surface area contributed by atoms with Gasteiger partial charge < -0.3 is 9.84 Å². The molecular formula is C16H17N5O4S. The Balaban J connectivity index is 1.67. The largest absolute Gasteiger partial charge is 0.360 e. The third-order valence-corrected chi connectivity index (χ3v) is 4.94. The molecule has 0 aliphatic rings. The van der Waals surface area contributed by atoms with Gasteiger partial charge in [0.15, 0.2) is 5.76 Å². The van der Waals surface area contributed by atoms with E-state index in [0.29, 0.717) is 12.3 Å². The van der Waals surface area contributed by atoms with Crippen LogP contribution in [0.3, 0.4) is 0 Å². The third kappa shape index (κ3) is 4.35. The zero-order valence-electron chi connectivity index (χ0n) is 13.9. The normalized spacial score (nSPS) is 11.4. The number of nitrogens with one attached hydrogen (secondary N) is 2. The molecule has 136 valence electrons. The average molecular weight is 375 g/mol. The molecule has 9 nitrogen and oxygen atoms in total. The second-order valence-corrected chi connectivity index (χ2v) is 7.30. The molecule has 2 N–H and O–H groups in total. The Bertz CT molecular complexity index is 995. The van der Waals surface area contributed by atoms with Gasteiger partial charge in [0, 0.05) is 37.0 Å². The summed E-state index contributed by atoms with van der Waals surface area (Å²) >= 11 is 0. The lowest BCUT2D eigenvalue weighted by molar-refractivity contribution is 0.0950. The summed E-state index contributed by atoms with van der Waals surface area (Å²) in [5, 5.41) is 10.3. The minimum Gasteiger partial charge on any atom is -0.360 e. The highest BCUT2D eigenvalue weighted by atomic mass is 32.2. The number of nitrogens with zero attached hydrogens (tertiary/aromatic N) is 3. The molecule has 0 fully saturated rings. The van der Waals surface area contributed by atoms with Crippen LogP contribution in [0.4, 0.5) is 0 Å². The second kappa shape index (κ2) is 7.50. The molecule has 26 heavy (non-hydrogen) atoms. The van der Waals surface area contributed by atoms with Crippen LogP contribution >= 0.6 is 0 Å². The fourth-order valence-electron chi connectivity index (χ4n) is 2.23. The molecule has 1 aromatic carbocycles. The molecular weight excluding hydrogens is 358 g/mol. The molecule has 0 radical (unpaired) electrons. The molecule has 2 aromatic heterocycles. The van der Waals surface area contributed by atoms with Gasteiger partial charge in [-0.25, -0.2) is 13.1 Å². The quantitative estimate of drug-likeness (QED) is 0.631. The first-order chi connectivity index (χ1) is 12.4. The first kappa shape index (κ1) is 17.8. The lowest BCUT2D eigenvalue weighted by Crippen LogP contribution is -2.25. The molecule has 0 saturated heterocycles. The zero-order chi connectivity index (χ0) is 18.6. The van der Waals surface area contributed by atoms with Crippen LogP contribution in [0.2, 0.25) is 0 Å². The Morgan fingerprint density at radius 3 is 2.81 bits per heavy atom. The minimum atomic E-state index is -3.79. The average Bonchev–Trinajstić information content (AvgIpc) is 3.29. The lowest BCUT2D eigenvalue weighted by atomic mass is 10.2. The van der Waals surface area contributed by atoms with Crippen molar-refractivity contribution in [1.82, 2.24) is 25.0 Å². The molecule has 0 unspecified atom stereocenters. The van der Waals surface area contributed by atoms with Gasteiger partial charge in [0.2, 0.25) is 10.0 Å². The molecule has 0 saturated carbocycles. The van der Waals surface area contributed by atoms with Gasteiger partial charge in [0.05, 0.1) is 23.8 Å². The smallest absolute Gasteiger partial charge is 0.251 e. The number of sulfonamides is 1. The highest BCUT2D eigenvalue weighted by molar-refractivity contribution is 7.89. The van der Waals surface area contributed by atoms with E-state index in [0.717, 1.165) is 5.56 Å². The Hall–Kier alpha value is -2.98.